The molecule has 0 unspecified atom stereocenters. The van der Waals surface area contributed by atoms with Crippen LogP contribution >= 0.6 is 0 Å². The van der Waals surface area contributed by atoms with Gasteiger partial charge in [0.2, 0.25) is 0 Å². The van der Waals surface area contributed by atoms with E-state index in [1.807, 2.05) is 6.08 Å². The summed E-state index contributed by atoms with van der Waals surface area (Å²) in [6.45, 7) is 17.7. The summed E-state index contributed by atoms with van der Waals surface area (Å²) in [5.74, 6) is -2.88. The number of carbonyl (C=O) groups is 2. The number of fused-ring (bicyclic) bond motifs is 3. The van der Waals surface area contributed by atoms with Crippen molar-refractivity contribution in [3.63, 3.8) is 0 Å². The van der Waals surface area contributed by atoms with Gasteiger partial charge in [-0.25, -0.2) is 0 Å². The molecule has 0 amide bonds. The summed E-state index contributed by atoms with van der Waals surface area (Å²) in [5.41, 5.74) is 0.444. The topological polar surface area (TPSA) is 115 Å². The van der Waals surface area contributed by atoms with Crippen LogP contribution in [0, 0.1) is 34.0 Å². The van der Waals surface area contributed by atoms with Gasteiger partial charge < -0.3 is 20.4 Å². The highest BCUT2D eigenvalue weighted by Gasteiger charge is 2.65. The molecule has 36 heavy (non-hydrogen) atoms. The second-order valence-electron chi connectivity index (χ2n) is 12.5. The van der Waals surface area contributed by atoms with Gasteiger partial charge in [-0.15, -0.1) is 6.58 Å². The first-order chi connectivity index (χ1) is 16.5. The molecule has 0 spiro atoms. The molecule has 3 aliphatic rings. The van der Waals surface area contributed by atoms with Crippen LogP contribution in [0.25, 0.3) is 0 Å². The van der Waals surface area contributed by atoms with Crippen molar-refractivity contribution < 1.29 is 30.0 Å². The van der Waals surface area contributed by atoms with Crippen molar-refractivity contribution >= 4 is 11.9 Å². The molecule has 1 saturated carbocycles. The Kier molecular flexibility index (Phi) is 7.58. The number of rotatable bonds is 10. The summed E-state index contributed by atoms with van der Waals surface area (Å²) in [6.07, 6.45) is 8.60. The Labute approximate surface area is 215 Å². The van der Waals surface area contributed by atoms with E-state index in [1.165, 1.54) is 0 Å². The van der Waals surface area contributed by atoms with Crippen molar-refractivity contribution in [3.05, 3.63) is 48.1 Å². The molecule has 3 rings (SSSR count). The molecule has 0 radical (unpaired) electrons. The van der Waals surface area contributed by atoms with E-state index >= 15 is 0 Å². The molecule has 3 aliphatic carbocycles. The van der Waals surface area contributed by atoms with Crippen molar-refractivity contribution in [2.45, 2.75) is 91.3 Å². The number of carboxylic acids is 2. The minimum atomic E-state index is -1.09. The van der Waals surface area contributed by atoms with Crippen LogP contribution in [0.4, 0.5) is 0 Å². The van der Waals surface area contributed by atoms with Crippen LogP contribution in [0.15, 0.2) is 48.1 Å². The van der Waals surface area contributed by atoms with Gasteiger partial charge >= 0.3 is 11.9 Å². The average Bonchev–Trinajstić information content (AvgIpc) is 2.97. The molecule has 6 nitrogen and oxygen atoms in total. The largest absolute Gasteiger partial charge is 0.481 e. The molecule has 0 aliphatic heterocycles. The molecular weight excluding hydrogens is 456 g/mol. The average molecular weight is 501 g/mol. The summed E-state index contributed by atoms with van der Waals surface area (Å²) in [4.78, 5) is 24.0. The predicted molar refractivity (Wildman–Crippen MR) is 140 cm³/mol. The van der Waals surface area contributed by atoms with Gasteiger partial charge in [-0.05, 0) is 85.8 Å². The third-order valence-electron chi connectivity index (χ3n) is 10.2. The second-order valence-corrected chi connectivity index (χ2v) is 12.5. The zero-order valence-corrected chi connectivity index (χ0v) is 22.5. The molecule has 7 atom stereocenters. The van der Waals surface area contributed by atoms with Crippen LogP contribution in [0.5, 0.6) is 0 Å². The van der Waals surface area contributed by atoms with Gasteiger partial charge in [0.1, 0.15) is 0 Å². The number of aliphatic carboxylic acids is 2. The van der Waals surface area contributed by atoms with Crippen LogP contribution in [0.1, 0.15) is 79.6 Å². The summed E-state index contributed by atoms with van der Waals surface area (Å²) in [5, 5.41) is 41.4. The molecule has 6 heteroatoms. The number of carboxylic acid groups (broad SMARTS) is 2. The van der Waals surface area contributed by atoms with Crippen molar-refractivity contribution in [3.8, 4) is 0 Å². The molecule has 0 aromatic rings. The number of allylic oxidation sites excluding steroid dienone is 5. The van der Waals surface area contributed by atoms with E-state index in [0.29, 0.717) is 37.7 Å². The first-order valence-corrected chi connectivity index (χ1v) is 13.1. The second kappa shape index (κ2) is 9.60. The van der Waals surface area contributed by atoms with E-state index < -0.39 is 46.3 Å². The minimum absolute atomic E-state index is 0.0663. The van der Waals surface area contributed by atoms with Crippen molar-refractivity contribution in [2.75, 3.05) is 0 Å². The maximum atomic E-state index is 12.5. The fraction of sp³-hybridized carbons (Fsp3) is 0.667. The summed E-state index contributed by atoms with van der Waals surface area (Å²) >= 11 is 0. The first kappa shape index (κ1) is 28.4. The lowest BCUT2D eigenvalue weighted by molar-refractivity contribution is -0.148. The van der Waals surface area contributed by atoms with Crippen molar-refractivity contribution in [1.82, 2.24) is 0 Å². The lowest BCUT2D eigenvalue weighted by atomic mass is 9.48. The molecule has 1 fully saturated rings. The Morgan fingerprint density at radius 3 is 2.33 bits per heavy atom. The summed E-state index contributed by atoms with van der Waals surface area (Å²) in [7, 11) is 0. The zero-order valence-electron chi connectivity index (χ0n) is 22.5. The van der Waals surface area contributed by atoms with Crippen LogP contribution in [-0.2, 0) is 9.59 Å². The molecule has 0 aromatic carbocycles. The van der Waals surface area contributed by atoms with E-state index in [4.69, 9.17) is 0 Å². The van der Waals surface area contributed by atoms with Gasteiger partial charge in [-0.1, -0.05) is 45.6 Å². The highest BCUT2D eigenvalue weighted by atomic mass is 16.4. The number of aliphatic hydroxyl groups excluding tert-OH is 1. The highest BCUT2D eigenvalue weighted by Crippen LogP contribution is 2.70. The normalized spacial score (nSPS) is 36.7. The van der Waals surface area contributed by atoms with Crippen LogP contribution in [0.2, 0.25) is 0 Å². The van der Waals surface area contributed by atoms with E-state index in [0.717, 1.165) is 17.6 Å². The molecule has 200 valence electrons. The fourth-order valence-electron chi connectivity index (χ4n) is 7.50. The molecular formula is C30H44O6. The number of hydrogen-bond acceptors (Lipinski definition) is 4. The summed E-state index contributed by atoms with van der Waals surface area (Å²) in [6, 6.07) is 0. The fourth-order valence-corrected chi connectivity index (χ4v) is 7.50. The molecule has 0 saturated heterocycles. The first-order valence-electron chi connectivity index (χ1n) is 13.1. The minimum Gasteiger partial charge on any atom is -0.481 e. The monoisotopic (exact) mass is 500 g/mol. The predicted octanol–water partition coefficient (Wildman–Crippen LogP) is 5.52. The van der Waals surface area contributed by atoms with Gasteiger partial charge in [0.15, 0.2) is 0 Å². The standard InChI is InChI=1S/C30H44O6/c1-8-19-10-12-22-21(28(19,5)15-14-24(32)33)13-16-29(6)25(23(31)17-30(22,29)7)20(26(34)35)11-9-18(2)27(3,4)36/h8,12-13,19-20,23,25,31,36H,1-2,9-11,14-17H2,3-7H3,(H,32,33)(H,34,35)/t19-,20+,23+,25-,28-,29+,30-/m0/s1. The molecule has 4 N–H and O–H groups in total. The van der Waals surface area contributed by atoms with Gasteiger partial charge in [0.25, 0.3) is 0 Å². The zero-order chi connectivity index (χ0) is 27.3. The van der Waals surface area contributed by atoms with Crippen molar-refractivity contribution in [1.29, 1.82) is 0 Å². The Hall–Kier alpha value is -2.18. The van der Waals surface area contributed by atoms with Crippen LogP contribution in [-0.4, -0.2) is 44.1 Å². The lowest BCUT2D eigenvalue weighted by Crippen LogP contribution is -2.48. The van der Waals surface area contributed by atoms with E-state index in [2.05, 4.69) is 46.1 Å². The van der Waals surface area contributed by atoms with E-state index in [1.54, 1.807) is 13.8 Å². The molecule has 0 bridgehead atoms. The van der Waals surface area contributed by atoms with Gasteiger partial charge in [0, 0.05) is 17.8 Å². The van der Waals surface area contributed by atoms with Gasteiger partial charge in [-0.2, -0.15) is 0 Å². The van der Waals surface area contributed by atoms with Gasteiger partial charge in [-0.3, -0.25) is 9.59 Å². The summed E-state index contributed by atoms with van der Waals surface area (Å²) < 4.78 is 0. The maximum Gasteiger partial charge on any atom is 0.306 e. The smallest absolute Gasteiger partial charge is 0.306 e. The SMILES string of the molecule is C=C[C@H]1CC=C2C(=CC[C@]3(C)[C@@H]([C@@H](CCC(=C)C(C)(C)O)C(=O)O)[C@H](O)C[C@@]23C)[C@@]1(C)CCC(=O)O. The quantitative estimate of drug-likeness (QED) is 0.294. The highest BCUT2D eigenvalue weighted by molar-refractivity contribution is 5.71. The Morgan fingerprint density at radius 2 is 1.81 bits per heavy atom. The van der Waals surface area contributed by atoms with Gasteiger partial charge in [0.05, 0.1) is 17.6 Å². The third kappa shape index (κ3) is 4.51. The molecule has 0 aromatic heterocycles. The van der Waals surface area contributed by atoms with Crippen LogP contribution < -0.4 is 0 Å². The number of hydrogen-bond donors (Lipinski definition) is 4. The van der Waals surface area contributed by atoms with E-state index in [9.17, 15) is 30.0 Å². The Balaban J connectivity index is 2.02. The molecule has 0 heterocycles. The third-order valence-corrected chi connectivity index (χ3v) is 10.2. The Morgan fingerprint density at radius 1 is 1.17 bits per heavy atom. The lowest BCUT2D eigenvalue weighted by Gasteiger charge is -2.55. The van der Waals surface area contributed by atoms with E-state index in [-0.39, 0.29) is 17.8 Å². The van der Waals surface area contributed by atoms with Crippen LogP contribution in [0.3, 0.4) is 0 Å². The van der Waals surface area contributed by atoms with Crippen molar-refractivity contribution in [2.24, 2.45) is 34.0 Å². The Bertz CT molecular complexity index is 999. The maximum absolute atomic E-state index is 12.5. The number of aliphatic hydroxyl groups is 2.